The maximum Gasteiger partial charge on any atom is 0.306 e. The van der Waals surface area contributed by atoms with E-state index in [-0.39, 0.29) is 28.3 Å². The van der Waals surface area contributed by atoms with Gasteiger partial charge in [0.15, 0.2) is 0 Å². The Bertz CT molecular complexity index is 754. The smallest absolute Gasteiger partial charge is 0.306 e. The largest absolute Gasteiger partial charge is 0.462 e. The second-order valence-corrected chi connectivity index (χ2v) is 13.4. The zero-order valence-electron chi connectivity index (χ0n) is 21.1. The minimum absolute atomic E-state index is 0.0634. The zero-order chi connectivity index (χ0) is 22.7. The molecule has 0 spiro atoms. The number of carbonyl (C=O) groups is 2. The summed E-state index contributed by atoms with van der Waals surface area (Å²) in [6.07, 6.45) is 15.8. The van der Waals surface area contributed by atoms with Crippen LogP contribution in [0.25, 0.3) is 0 Å². The normalized spacial score (nSPS) is 48.8. The van der Waals surface area contributed by atoms with Gasteiger partial charge in [0.1, 0.15) is 11.9 Å². The van der Waals surface area contributed by atoms with E-state index in [9.17, 15) is 9.59 Å². The lowest BCUT2D eigenvalue weighted by molar-refractivity contribution is -0.188. The Labute approximate surface area is 195 Å². The van der Waals surface area contributed by atoms with E-state index in [0.717, 1.165) is 43.4 Å². The molecule has 0 aromatic carbocycles. The lowest BCUT2D eigenvalue weighted by atomic mass is 9.38. The Morgan fingerprint density at radius 3 is 2.47 bits per heavy atom. The molecule has 0 aromatic rings. The molecule has 0 saturated heterocycles. The molecule has 0 amide bonds. The van der Waals surface area contributed by atoms with Crippen molar-refractivity contribution in [2.24, 2.45) is 45.8 Å². The van der Waals surface area contributed by atoms with Gasteiger partial charge in [0.25, 0.3) is 0 Å². The predicted octanol–water partition coefficient (Wildman–Crippen LogP) is 7.12. The highest BCUT2D eigenvalue weighted by Crippen LogP contribution is 2.70. The van der Waals surface area contributed by atoms with Crippen LogP contribution in [0, 0.1) is 45.8 Å². The summed E-state index contributed by atoms with van der Waals surface area (Å²) < 4.78 is 6.23. The molecule has 3 nitrogen and oxygen atoms in total. The van der Waals surface area contributed by atoms with Crippen LogP contribution >= 0.6 is 0 Å². The van der Waals surface area contributed by atoms with Crippen molar-refractivity contribution in [1.82, 2.24) is 0 Å². The highest BCUT2D eigenvalue weighted by atomic mass is 16.5. The van der Waals surface area contributed by atoms with Crippen molar-refractivity contribution in [2.75, 3.05) is 0 Å². The van der Waals surface area contributed by atoms with Crippen molar-refractivity contribution < 1.29 is 14.3 Å². The van der Waals surface area contributed by atoms with E-state index in [1.807, 2.05) is 0 Å². The summed E-state index contributed by atoms with van der Waals surface area (Å²) in [6.45, 7) is 9.77. The van der Waals surface area contributed by atoms with E-state index < -0.39 is 0 Å². The van der Waals surface area contributed by atoms with Gasteiger partial charge < -0.3 is 4.74 Å². The molecule has 8 atom stereocenters. The fourth-order valence-corrected chi connectivity index (χ4v) is 9.92. The topological polar surface area (TPSA) is 43.4 Å². The summed E-state index contributed by atoms with van der Waals surface area (Å²) in [5.41, 5.74) is 0.588. The summed E-state index contributed by atoms with van der Waals surface area (Å²) in [4.78, 5) is 25.3. The molecular weight excluding hydrogens is 396 g/mol. The maximum absolute atomic E-state index is 12.8. The number of ketones is 1. The second-order valence-electron chi connectivity index (χ2n) is 13.4. The average Bonchev–Trinajstić information content (AvgIpc) is 3.36. The molecule has 5 aliphatic rings. The Balaban J connectivity index is 1.28. The van der Waals surface area contributed by atoms with Crippen LogP contribution in [0.4, 0.5) is 0 Å². The van der Waals surface area contributed by atoms with Gasteiger partial charge >= 0.3 is 5.97 Å². The van der Waals surface area contributed by atoms with E-state index >= 15 is 0 Å². The molecule has 5 rings (SSSR count). The van der Waals surface area contributed by atoms with Crippen LogP contribution in [0.15, 0.2) is 0 Å². The second kappa shape index (κ2) is 8.12. The van der Waals surface area contributed by atoms with Crippen molar-refractivity contribution in [3.63, 3.8) is 0 Å². The molecule has 32 heavy (non-hydrogen) atoms. The van der Waals surface area contributed by atoms with Crippen LogP contribution < -0.4 is 0 Å². The third kappa shape index (κ3) is 3.42. The van der Waals surface area contributed by atoms with Gasteiger partial charge in [-0.25, -0.2) is 0 Å². The molecule has 0 unspecified atom stereocenters. The number of hydrogen-bond acceptors (Lipinski definition) is 3. The number of fused-ring (bicyclic) bond motifs is 5. The lowest BCUT2D eigenvalue weighted by Crippen LogP contribution is -2.60. The molecule has 0 bridgehead atoms. The van der Waals surface area contributed by atoms with Gasteiger partial charge in [-0.1, -0.05) is 53.4 Å². The zero-order valence-corrected chi connectivity index (χ0v) is 21.1. The average molecular weight is 443 g/mol. The maximum atomic E-state index is 12.8. The number of ether oxygens (including phenoxy) is 1. The highest BCUT2D eigenvalue weighted by molar-refractivity contribution is 5.80. The molecule has 0 N–H and O–H groups in total. The van der Waals surface area contributed by atoms with Gasteiger partial charge in [-0.05, 0) is 85.4 Å². The van der Waals surface area contributed by atoms with Gasteiger partial charge in [0.05, 0.1) is 0 Å². The third-order valence-corrected chi connectivity index (χ3v) is 12.1. The number of carbonyl (C=O) groups excluding carboxylic acids is 2. The van der Waals surface area contributed by atoms with Crippen molar-refractivity contribution >= 4 is 11.8 Å². The van der Waals surface area contributed by atoms with Crippen LogP contribution in [0.5, 0.6) is 0 Å². The molecule has 0 heterocycles. The van der Waals surface area contributed by atoms with Crippen LogP contribution in [0.2, 0.25) is 0 Å². The van der Waals surface area contributed by atoms with Crippen molar-refractivity contribution in [3.05, 3.63) is 0 Å². The number of hydrogen-bond donors (Lipinski definition) is 0. The molecule has 5 aliphatic carbocycles. The molecule has 180 valence electrons. The fraction of sp³-hybridized carbons (Fsp3) is 0.931. The molecular formula is C29H46O3. The van der Waals surface area contributed by atoms with Gasteiger partial charge in [-0.15, -0.1) is 0 Å². The Morgan fingerprint density at radius 2 is 1.72 bits per heavy atom. The first-order valence-electron chi connectivity index (χ1n) is 13.9. The Morgan fingerprint density at radius 1 is 0.969 bits per heavy atom. The van der Waals surface area contributed by atoms with Crippen LogP contribution in [-0.2, 0) is 14.3 Å². The van der Waals surface area contributed by atoms with E-state index in [1.165, 1.54) is 57.8 Å². The summed E-state index contributed by atoms with van der Waals surface area (Å²) in [7, 11) is 0. The summed E-state index contributed by atoms with van der Waals surface area (Å²) >= 11 is 0. The molecule has 0 aromatic heterocycles. The van der Waals surface area contributed by atoms with Gasteiger partial charge in [-0.3, -0.25) is 9.59 Å². The SMILES string of the molecule is C[C@H]1CC(=O)C[C@]2(C)CC[C@H]3[C@@H]4CC[C@H](OC(=O)CCC5CCCC5)[C@@]4(C)CC[C@@H]3[C@@]12C. The van der Waals surface area contributed by atoms with E-state index in [1.54, 1.807) is 0 Å². The highest BCUT2D eigenvalue weighted by Gasteiger charge is 2.65. The van der Waals surface area contributed by atoms with Crippen molar-refractivity contribution in [3.8, 4) is 0 Å². The summed E-state index contributed by atoms with van der Waals surface area (Å²) in [6, 6.07) is 0. The summed E-state index contributed by atoms with van der Waals surface area (Å²) in [5, 5.41) is 0. The Hall–Kier alpha value is -0.860. The van der Waals surface area contributed by atoms with E-state index in [4.69, 9.17) is 4.74 Å². The van der Waals surface area contributed by atoms with Crippen molar-refractivity contribution in [2.45, 2.75) is 124 Å². The minimum atomic E-state index is 0.0634. The number of esters is 1. The molecule has 3 heteroatoms. The number of rotatable bonds is 4. The van der Waals surface area contributed by atoms with Gasteiger partial charge in [0.2, 0.25) is 0 Å². The van der Waals surface area contributed by atoms with E-state index in [2.05, 4.69) is 27.7 Å². The van der Waals surface area contributed by atoms with Crippen LogP contribution in [0.1, 0.15) is 118 Å². The minimum Gasteiger partial charge on any atom is -0.462 e. The third-order valence-electron chi connectivity index (χ3n) is 12.1. The molecule has 0 aliphatic heterocycles. The first kappa shape index (κ1) is 22.9. The van der Waals surface area contributed by atoms with Crippen LogP contribution in [-0.4, -0.2) is 17.9 Å². The Kier molecular flexibility index (Phi) is 5.81. The fourth-order valence-electron chi connectivity index (χ4n) is 9.92. The standard InChI is InChI=1S/C29H46O3/c1-19-17-21(30)18-27(2)15-13-22-23-10-11-25(28(23,3)16-14-24(22)29(19,27)4)32-26(31)12-9-20-7-5-6-8-20/h19-20,22-25H,5-18H2,1-4H3/t19-,22-,23-,24-,25-,27-,28-,29+/m0/s1. The van der Waals surface area contributed by atoms with Gasteiger partial charge in [0, 0.05) is 24.7 Å². The lowest BCUT2D eigenvalue weighted by Gasteiger charge is -2.66. The monoisotopic (exact) mass is 442 g/mol. The first-order valence-corrected chi connectivity index (χ1v) is 13.9. The van der Waals surface area contributed by atoms with Gasteiger partial charge in [-0.2, -0.15) is 0 Å². The number of Topliss-reactive ketones (excluding diaryl/α,β-unsaturated/α-hetero) is 1. The molecule has 0 radical (unpaired) electrons. The first-order chi connectivity index (χ1) is 15.2. The quantitative estimate of drug-likeness (QED) is 0.435. The summed E-state index contributed by atoms with van der Waals surface area (Å²) in [5.74, 6) is 3.93. The molecule has 5 fully saturated rings. The van der Waals surface area contributed by atoms with E-state index in [0.29, 0.717) is 24.0 Å². The van der Waals surface area contributed by atoms with Crippen molar-refractivity contribution in [1.29, 1.82) is 0 Å². The van der Waals surface area contributed by atoms with Crippen LogP contribution in [0.3, 0.4) is 0 Å². The molecule has 5 saturated carbocycles. The predicted molar refractivity (Wildman–Crippen MR) is 127 cm³/mol.